The van der Waals surface area contributed by atoms with Crippen molar-refractivity contribution in [2.75, 3.05) is 112 Å². The topological polar surface area (TPSA) is 430 Å². The number of ether oxygens (including phenoxy) is 19. The van der Waals surface area contributed by atoms with Crippen molar-refractivity contribution in [1.82, 2.24) is 0 Å². The minimum Gasteiger partial charge on any atom is -0.465 e. The van der Waals surface area contributed by atoms with Gasteiger partial charge in [0.05, 0.1) is 134 Å². The molecule has 0 spiro atoms. The van der Waals surface area contributed by atoms with Gasteiger partial charge in [-0.25, -0.2) is 19.2 Å². The van der Waals surface area contributed by atoms with Gasteiger partial charge in [0.25, 0.3) is 0 Å². The summed E-state index contributed by atoms with van der Waals surface area (Å²) in [5.74, 6) is -8.21. The average Bonchev–Trinajstić information content (AvgIpc) is 1.67. The molecule has 5 aliphatic carbocycles. The fourth-order valence-corrected chi connectivity index (χ4v) is 14.1. The van der Waals surface area contributed by atoms with E-state index in [9.17, 15) is 63.0 Å². The van der Waals surface area contributed by atoms with E-state index in [0.717, 1.165) is 77.0 Å². The highest BCUT2D eigenvalue weighted by atomic mass is 16.7. The number of epoxide rings is 8. The molecule has 18 unspecified atom stereocenters. The first-order valence-corrected chi connectivity index (χ1v) is 38.8. The molecular weight excluding hydrogens is 1450 g/mol. The number of aliphatic hydroxyl groups is 2. The number of rotatable bonds is 33. The predicted octanol–water partition coefficient (Wildman–Crippen LogP) is 4.44. The molecule has 8 aliphatic heterocycles. The van der Waals surface area contributed by atoms with E-state index in [4.69, 9.17) is 90.0 Å². The fourth-order valence-electron chi connectivity index (χ4n) is 14.1. The van der Waals surface area contributed by atoms with Gasteiger partial charge in [-0.15, -0.1) is 0 Å². The zero-order valence-corrected chi connectivity index (χ0v) is 61.6. The number of hydrogen-bond acceptors (Lipinski definition) is 32. The summed E-state index contributed by atoms with van der Waals surface area (Å²) in [4.78, 5) is 136. The molecule has 2 N–H and O–H groups in total. The van der Waals surface area contributed by atoms with Crippen molar-refractivity contribution >= 4 is 65.7 Å². The van der Waals surface area contributed by atoms with Crippen LogP contribution >= 0.6 is 0 Å². The Labute approximate surface area is 635 Å². The van der Waals surface area contributed by atoms with Gasteiger partial charge in [0.2, 0.25) is 0 Å². The Hall–Kier alpha value is -7.79. The molecule has 0 radical (unpaired) electrons. The first kappa shape index (κ1) is 81.7. The number of benzene rings is 2. The largest absolute Gasteiger partial charge is 0.465 e. The number of aliphatic hydroxyl groups excluding tert-OH is 2. The van der Waals surface area contributed by atoms with Gasteiger partial charge in [0, 0.05) is 0 Å². The third-order valence-electron chi connectivity index (χ3n) is 21.3. The lowest BCUT2D eigenvalue weighted by Crippen LogP contribution is -2.38. The Bertz CT molecular complexity index is 3300. The van der Waals surface area contributed by atoms with E-state index in [0.29, 0.717) is 128 Å². The van der Waals surface area contributed by atoms with Crippen molar-refractivity contribution in [2.45, 2.75) is 189 Å². The van der Waals surface area contributed by atoms with E-state index in [-0.39, 0.29) is 134 Å². The van der Waals surface area contributed by atoms with Crippen LogP contribution in [0.25, 0.3) is 0 Å². The molecule has 8 saturated heterocycles. The van der Waals surface area contributed by atoms with Crippen LogP contribution in [0.4, 0.5) is 0 Å². The molecular formula is C78H100O32. The summed E-state index contributed by atoms with van der Waals surface area (Å²) in [6.45, 7) is 3.51. The summed E-state index contributed by atoms with van der Waals surface area (Å²) < 4.78 is 98.4. The van der Waals surface area contributed by atoms with E-state index < -0.39 is 96.8 Å². The molecule has 8 heterocycles. The highest BCUT2D eigenvalue weighted by Gasteiger charge is 2.48. The highest BCUT2D eigenvalue weighted by molar-refractivity contribution is 6.04. The standard InChI is InChI=1S/C25H36O11.C25H24O11.C14H20O6.C14H20O4/c2*26-15(9-33-22(27)18-5-1-3-7-20(18)24(29)35-13-16-11-31-16)10-34-23(28)19-6-2-4-8-21(19)25(30)36-14-17-12-32-17;15-13(19-7-9-5-17-9)11-3-1-2-4-12(11)14(16)20-8-10-6-18-10;15-14(9-2-4-11-13(6-9)18-11)16-7-8-1-3-10-12(5-8)17-10/h15-21,26H,1-14H2;1-8,15-17,26H,9-14H2;9-12H,1-8H2;8-13H,1-7H2. The third-order valence-corrected chi connectivity index (χ3v) is 21.3. The summed E-state index contributed by atoms with van der Waals surface area (Å²) >= 11 is 0. The van der Waals surface area contributed by atoms with Crippen LogP contribution in [0, 0.1) is 47.3 Å². The van der Waals surface area contributed by atoms with Crippen LogP contribution in [0.1, 0.15) is 157 Å². The second-order valence-electron chi connectivity index (χ2n) is 30.0. The lowest BCUT2D eigenvalue weighted by Gasteiger charge is -2.29. The fraction of sp³-hybridized carbons (Fsp3) is 0.705. The van der Waals surface area contributed by atoms with E-state index in [1.54, 1.807) is 24.3 Å². The second-order valence-corrected chi connectivity index (χ2v) is 30.0. The van der Waals surface area contributed by atoms with Gasteiger partial charge in [-0.3, -0.25) is 33.6 Å². The molecule has 18 atom stereocenters. The Morgan fingerprint density at radius 2 is 0.564 bits per heavy atom. The lowest BCUT2D eigenvalue weighted by molar-refractivity contribution is -0.168. The molecule has 32 nitrogen and oxygen atoms in total. The number of hydrogen-bond donors (Lipinski definition) is 2. The van der Waals surface area contributed by atoms with Crippen molar-refractivity contribution in [1.29, 1.82) is 0 Å². The van der Waals surface area contributed by atoms with E-state index in [1.807, 2.05) is 0 Å². The van der Waals surface area contributed by atoms with Crippen LogP contribution in [0.15, 0.2) is 48.5 Å². The Balaban J connectivity index is 0.000000142. The van der Waals surface area contributed by atoms with Crippen molar-refractivity contribution < 1.29 is 153 Å². The first-order valence-electron chi connectivity index (χ1n) is 38.8. The Morgan fingerprint density at radius 1 is 0.300 bits per heavy atom. The zero-order chi connectivity index (χ0) is 77.0. The van der Waals surface area contributed by atoms with Crippen LogP contribution in [-0.2, 0) is 124 Å². The maximum atomic E-state index is 12.7. The SMILES string of the molecule is O=C(OCC(O)COC(=O)C1CCCCC1C(=O)OCC1CO1)C1CCCCC1C(=O)OCC1CO1.O=C(OCC(O)COC(=O)c1ccccc1C(=O)OCC1CO1)c1ccccc1C(=O)OCC1CO1.O=C(OCC1CCC2OC2C1)C1CCC2OC2C1.O=C(OCC1CO1)C1CCCCC1C(=O)OCC1CO1. The molecule has 604 valence electrons. The normalized spacial score (nSPS) is 30.9. The maximum absolute atomic E-state index is 12.7. The Morgan fingerprint density at radius 3 is 0.864 bits per heavy atom. The van der Waals surface area contributed by atoms with Crippen LogP contribution < -0.4 is 0 Å². The summed E-state index contributed by atoms with van der Waals surface area (Å²) in [5, 5.41) is 20.4. The quantitative estimate of drug-likeness (QED) is 0.0566. The number of carbonyl (C=O) groups is 11. The zero-order valence-electron chi connectivity index (χ0n) is 61.6. The van der Waals surface area contributed by atoms with Crippen molar-refractivity contribution in [2.24, 2.45) is 47.3 Å². The smallest absolute Gasteiger partial charge is 0.339 e. The van der Waals surface area contributed by atoms with E-state index >= 15 is 0 Å². The second kappa shape index (κ2) is 40.1. The molecule has 110 heavy (non-hydrogen) atoms. The number of esters is 11. The molecule has 0 amide bonds. The molecule has 5 saturated carbocycles. The molecule has 15 rings (SSSR count). The van der Waals surface area contributed by atoms with Crippen LogP contribution in [0.3, 0.4) is 0 Å². The first-order chi connectivity index (χ1) is 53.4. The molecule has 13 fully saturated rings. The molecule has 13 aliphatic rings. The van der Waals surface area contributed by atoms with Gasteiger partial charge in [0.1, 0.15) is 115 Å². The molecule has 32 heteroatoms. The van der Waals surface area contributed by atoms with Gasteiger partial charge in [0.15, 0.2) is 0 Å². The van der Waals surface area contributed by atoms with Gasteiger partial charge >= 0.3 is 65.7 Å². The summed E-state index contributed by atoms with van der Waals surface area (Å²) in [7, 11) is 0. The van der Waals surface area contributed by atoms with Crippen LogP contribution in [-0.4, -0.2) is 261 Å². The summed E-state index contributed by atoms with van der Waals surface area (Å²) in [5.41, 5.74) is -0.0403. The van der Waals surface area contributed by atoms with Crippen LogP contribution in [0.2, 0.25) is 0 Å². The minimum absolute atomic E-state index is 0.00258. The molecule has 2 aromatic rings. The monoisotopic (exact) mass is 1550 g/mol. The van der Waals surface area contributed by atoms with E-state index in [2.05, 4.69) is 0 Å². The summed E-state index contributed by atoms with van der Waals surface area (Å²) in [6, 6.07) is 11.9. The van der Waals surface area contributed by atoms with Crippen LogP contribution in [0.5, 0.6) is 0 Å². The van der Waals surface area contributed by atoms with Gasteiger partial charge < -0.3 is 100 Å². The van der Waals surface area contributed by atoms with Gasteiger partial charge in [-0.1, -0.05) is 62.8 Å². The van der Waals surface area contributed by atoms with Crippen molar-refractivity contribution in [3.63, 3.8) is 0 Å². The van der Waals surface area contributed by atoms with Crippen molar-refractivity contribution in [3.05, 3.63) is 70.8 Å². The van der Waals surface area contributed by atoms with E-state index in [1.165, 1.54) is 24.3 Å². The predicted molar refractivity (Wildman–Crippen MR) is 370 cm³/mol. The maximum Gasteiger partial charge on any atom is 0.339 e. The third kappa shape index (κ3) is 26.2. The number of carbonyl (C=O) groups excluding carboxylic acids is 11. The number of fused-ring (bicyclic) bond motifs is 2. The molecule has 0 aromatic heterocycles. The minimum atomic E-state index is -1.35. The highest BCUT2D eigenvalue weighted by Crippen LogP contribution is 2.42. The molecule has 0 bridgehead atoms. The van der Waals surface area contributed by atoms with Gasteiger partial charge in [-0.05, 0) is 107 Å². The van der Waals surface area contributed by atoms with Gasteiger partial charge in [-0.2, -0.15) is 0 Å². The average molecular weight is 1550 g/mol. The van der Waals surface area contributed by atoms with Crippen molar-refractivity contribution in [3.8, 4) is 0 Å². The summed E-state index contributed by atoms with van der Waals surface area (Å²) in [6.07, 6.45) is 13.9. The molecule has 2 aromatic carbocycles. The Kier molecular flexibility index (Phi) is 29.8. The lowest BCUT2D eigenvalue weighted by atomic mass is 9.79.